The summed E-state index contributed by atoms with van der Waals surface area (Å²) in [5.74, 6) is -6.18. The number of hydrogen-bond donors (Lipinski definition) is 1. The third kappa shape index (κ3) is 4.97. The fourth-order valence-electron chi connectivity index (χ4n) is 4.74. The summed E-state index contributed by atoms with van der Waals surface area (Å²) in [5, 5.41) is 2.29. The number of carbonyl (C=O) groups excluding carboxylic acids is 1. The van der Waals surface area contributed by atoms with Crippen LogP contribution in [0.25, 0.3) is 0 Å². The van der Waals surface area contributed by atoms with Crippen molar-refractivity contribution >= 4 is 17.6 Å². The average molecular weight is 519 g/mol. The van der Waals surface area contributed by atoms with E-state index in [4.69, 9.17) is 13.9 Å². The van der Waals surface area contributed by atoms with Gasteiger partial charge in [-0.3, -0.25) is 4.79 Å². The lowest BCUT2D eigenvalue weighted by Gasteiger charge is -2.37. The highest BCUT2D eigenvalue weighted by Gasteiger charge is 2.47. The number of aromatic nitrogens is 1. The van der Waals surface area contributed by atoms with Gasteiger partial charge in [-0.15, -0.1) is 0 Å². The van der Waals surface area contributed by atoms with E-state index in [-0.39, 0.29) is 36.4 Å². The van der Waals surface area contributed by atoms with Crippen molar-refractivity contribution < 1.29 is 45.0 Å². The molecule has 0 bridgehead atoms. The lowest BCUT2D eigenvalue weighted by molar-refractivity contribution is -0.130. The van der Waals surface area contributed by atoms with Crippen molar-refractivity contribution in [1.82, 2.24) is 4.98 Å². The third-order valence-electron chi connectivity index (χ3n) is 6.69. The summed E-state index contributed by atoms with van der Waals surface area (Å²) < 4.78 is 97.2. The molecule has 1 aliphatic carbocycles. The van der Waals surface area contributed by atoms with Crippen molar-refractivity contribution in [2.24, 2.45) is 5.41 Å². The summed E-state index contributed by atoms with van der Waals surface area (Å²) in [5.41, 5.74) is -0.776. The highest BCUT2D eigenvalue weighted by Crippen LogP contribution is 2.40. The molecule has 36 heavy (non-hydrogen) atoms. The Bertz CT molecular complexity index is 1150. The number of hydrogen-bond acceptors (Lipinski definition) is 6. The fourth-order valence-corrected chi connectivity index (χ4v) is 4.74. The molecule has 1 aromatic heterocycles. The number of nitrogens with one attached hydrogen (secondary N) is 1. The van der Waals surface area contributed by atoms with Gasteiger partial charge in [-0.25, -0.2) is 13.2 Å². The summed E-state index contributed by atoms with van der Waals surface area (Å²) >= 11 is 0. The Hall–Kier alpha value is -2.96. The zero-order valence-corrected chi connectivity index (χ0v) is 19.0. The molecule has 2 aromatic rings. The van der Waals surface area contributed by atoms with E-state index in [9.17, 15) is 31.1 Å². The number of oxazole rings is 1. The second kappa shape index (κ2) is 8.86. The number of anilines is 2. The molecular formula is C23H23F6N3O4. The number of halogens is 6. The number of nitrogens with zero attached hydrogens (tertiary/aromatic N) is 2. The summed E-state index contributed by atoms with van der Waals surface area (Å²) in [4.78, 5) is 18.5. The molecular weight excluding hydrogens is 496 g/mol. The van der Waals surface area contributed by atoms with Crippen molar-refractivity contribution in [3.8, 4) is 5.75 Å². The van der Waals surface area contributed by atoms with Gasteiger partial charge in [-0.05, 0) is 31.4 Å². The van der Waals surface area contributed by atoms with E-state index in [0.717, 1.165) is 18.6 Å². The van der Waals surface area contributed by atoms with E-state index in [1.54, 1.807) is 4.90 Å². The minimum atomic E-state index is -4.66. The van der Waals surface area contributed by atoms with Crippen molar-refractivity contribution in [1.29, 1.82) is 0 Å². The zero-order valence-electron chi connectivity index (χ0n) is 19.0. The van der Waals surface area contributed by atoms with Crippen LogP contribution in [-0.4, -0.2) is 55.4 Å². The molecule has 7 nitrogen and oxygen atoms in total. The number of alkyl halides is 5. The Morgan fingerprint density at radius 3 is 2.61 bits per heavy atom. The molecule has 1 saturated carbocycles. The molecule has 1 N–H and O–H groups in total. The van der Waals surface area contributed by atoms with Crippen LogP contribution in [0, 0.1) is 11.2 Å². The van der Waals surface area contributed by atoms with E-state index < -0.39 is 53.6 Å². The van der Waals surface area contributed by atoms with E-state index in [2.05, 4.69) is 10.3 Å². The Kier molecular flexibility index (Phi) is 6.08. The molecule has 2 aliphatic heterocycles. The van der Waals surface area contributed by atoms with Crippen molar-refractivity contribution in [2.45, 2.75) is 50.3 Å². The quantitative estimate of drug-likeness (QED) is 0.544. The van der Waals surface area contributed by atoms with Gasteiger partial charge >= 0.3 is 6.18 Å². The van der Waals surface area contributed by atoms with Crippen LogP contribution in [0.4, 0.5) is 38.0 Å². The van der Waals surface area contributed by atoms with Gasteiger partial charge in [0.1, 0.15) is 12.2 Å². The van der Waals surface area contributed by atoms with E-state index in [1.165, 1.54) is 6.07 Å². The molecule has 2 saturated heterocycles. The minimum Gasteiger partial charge on any atom is -0.481 e. The van der Waals surface area contributed by atoms with Crippen LogP contribution in [0.3, 0.4) is 0 Å². The van der Waals surface area contributed by atoms with Crippen molar-refractivity contribution in [3.05, 3.63) is 35.5 Å². The summed E-state index contributed by atoms with van der Waals surface area (Å²) in [6, 6.07) is 3.02. The summed E-state index contributed by atoms with van der Waals surface area (Å²) in [6.07, 6.45) is -6.89. The molecule has 5 rings (SSSR count). The molecule has 3 fully saturated rings. The number of rotatable bonds is 6. The number of benzene rings is 1. The van der Waals surface area contributed by atoms with Gasteiger partial charge in [0.25, 0.3) is 17.8 Å². The highest BCUT2D eigenvalue weighted by molar-refractivity contribution is 6.03. The molecule has 0 radical (unpaired) electrons. The first-order chi connectivity index (χ1) is 16.9. The Balaban J connectivity index is 1.32. The second-order valence-electron chi connectivity index (χ2n) is 9.58. The topological polar surface area (TPSA) is 76.8 Å². The smallest absolute Gasteiger partial charge is 0.396 e. The maximum absolute atomic E-state index is 14.5. The fraction of sp³-hybridized carbons (Fsp3) is 0.565. The van der Waals surface area contributed by atoms with E-state index in [0.29, 0.717) is 26.3 Å². The van der Waals surface area contributed by atoms with Gasteiger partial charge in [0.05, 0.1) is 13.2 Å². The first-order valence-electron chi connectivity index (χ1n) is 11.5. The lowest BCUT2D eigenvalue weighted by atomic mass is 9.85. The Morgan fingerprint density at radius 1 is 1.25 bits per heavy atom. The SMILES string of the molecule is O=C(Nc1ccc(OC2CCCC2(F)F)c(F)c1)c1nc(N2CCC3(COC3)C2)oc1CC(F)(F)F. The first kappa shape index (κ1) is 24.7. The monoisotopic (exact) mass is 519 g/mol. The van der Waals surface area contributed by atoms with Crippen molar-refractivity contribution in [3.63, 3.8) is 0 Å². The maximum Gasteiger partial charge on any atom is 0.396 e. The number of ether oxygens (including phenoxy) is 2. The summed E-state index contributed by atoms with van der Waals surface area (Å²) in [6.45, 7) is 2.04. The third-order valence-corrected chi connectivity index (χ3v) is 6.69. The molecule has 1 unspecified atom stereocenters. The molecule has 13 heteroatoms. The zero-order chi connectivity index (χ0) is 25.7. The van der Waals surface area contributed by atoms with Crippen LogP contribution >= 0.6 is 0 Å². The maximum atomic E-state index is 14.5. The van der Waals surface area contributed by atoms with Gasteiger partial charge in [0.15, 0.2) is 23.4 Å². The van der Waals surface area contributed by atoms with Crippen LogP contribution in [0.5, 0.6) is 5.75 Å². The van der Waals surface area contributed by atoms with Gasteiger partial charge in [0.2, 0.25) is 0 Å². The first-order valence-corrected chi connectivity index (χ1v) is 11.5. The van der Waals surface area contributed by atoms with Gasteiger partial charge in [-0.2, -0.15) is 18.2 Å². The van der Waals surface area contributed by atoms with Crippen LogP contribution < -0.4 is 15.0 Å². The molecule has 1 aromatic carbocycles. The highest BCUT2D eigenvalue weighted by atomic mass is 19.4. The summed E-state index contributed by atoms with van der Waals surface area (Å²) in [7, 11) is 0. The standard InChI is InChI=1S/C23H23F6N3O4/c24-14-8-13(3-4-15(14)35-17-2-1-5-22(17,25)26)30-19(33)18-16(9-23(27,28)29)36-20(31-18)32-7-6-21(10-32)11-34-12-21/h3-4,8,17H,1-2,5-7,9-12H2,(H,30,33). The van der Waals surface area contributed by atoms with Crippen molar-refractivity contribution in [2.75, 3.05) is 36.5 Å². The minimum absolute atomic E-state index is 0.0760. The van der Waals surface area contributed by atoms with Gasteiger partial charge in [-0.1, -0.05) is 0 Å². The van der Waals surface area contributed by atoms with E-state index in [1.807, 2.05) is 0 Å². The molecule has 1 spiro atoms. The molecule has 3 aliphatic rings. The lowest BCUT2D eigenvalue weighted by Crippen LogP contribution is -2.44. The number of carbonyl (C=O) groups is 1. The Labute approximate surface area is 201 Å². The van der Waals surface area contributed by atoms with Crippen LogP contribution in [0.2, 0.25) is 0 Å². The Morgan fingerprint density at radius 2 is 2.03 bits per heavy atom. The predicted molar refractivity (Wildman–Crippen MR) is 114 cm³/mol. The van der Waals surface area contributed by atoms with Gasteiger partial charge in [0, 0.05) is 36.7 Å². The van der Waals surface area contributed by atoms with Crippen LogP contribution in [0.1, 0.15) is 41.9 Å². The average Bonchev–Trinajstić information content (AvgIpc) is 3.45. The van der Waals surface area contributed by atoms with Gasteiger partial charge < -0.3 is 24.1 Å². The number of amides is 1. The van der Waals surface area contributed by atoms with E-state index >= 15 is 0 Å². The largest absolute Gasteiger partial charge is 0.481 e. The molecule has 1 amide bonds. The molecule has 196 valence electrons. The molecule has 3 heterocycles. The predicted octanol–water partition coefficient (Wildman–Crippen LogP) is 4.96. The molecule has 1 atom stereocenters. The van der Waals surface area contributed by atoms with Crippen LogP contribution in [-0.2, 0) is 11.2 Å². The van der Waals surface area contributed by atoms with Crippen LogP contribution in [0.15, 0.2) is 22.6 Å². The second-order valence-corrected chi connectivity index (χ2v) is 9.58. The normalized spacial score (nSPS) is 22.6.